The summed E-state index contributed by atoms with van der Waals surface area (Å²) in [7, 11) is 0. The summed E-state index contributed by atoms with van der Waals surface area (Å²) in [6.45, 7) is 4.20. The topological polar surface area (TPSA) is 122 Å². The number of carbonyl (C=O) groups excluding carboxylic acids is 1. The molecule has 9 nitrogen and oxygen atoms in total. The smallest absolute Gasteiger partial charge is 0.310 e. The first-order chi connectivity index (χ1) is 15.3. The fraction of sp³-hybridized carbons (Fsp3) is 0.409. The molecule has 4 atom stereocenters. The Balaban J connectivity index is 0.000000180. The van der Waals surface area contributed by atoms with Crippen molar-refractivity contribution in [1.29, 1.82) is 0 Å². The third-order valence-corrected chi connectivity index (χ3v) is 5.92. The van der Waals surface area contributed by atoms with Gasteiger partial charge in [-0.15, -0.1) is 0 Å². The number of aromatic nitrogens is 3. The molecule has 0 aliphatic carbocycles. The second-order valence-electron chi connectivity index (χ2n) is 8.37. The summed E-state index contributed by atoms with van der Waals surface area (Å²) >= 11 is 6.03. The van der Waals surface area contributed by atoms with E-state index in [1.807, 2.05) is 32.0 Å². The fourth-order valence-corrected chi connectivity index (χ4v) is 4.57. The number of cyclic esters (lactones) is 1. The number of nitrogens with zero attached hydrogens (tertiary/aromatic N) is 2. The molecule has 6 rings (SSSR count). The summed E-state index contributed by atoms with van der Waals surface area (Å²) < 4.78 is 23.2. The first-order valence-corrected chi connectivity index (χ1v) is 10.7. The second-order valence-corrected chi connectivity index (χ2v) is 8.80. The molecule has 168 valence electrons. The number of H-pyrrole nitrogens is 1. The molecule has 3 N–H and O–H groups in total. The molecular weight excluding hydrogens is 436 g/mol. The monoisotopic (exact) mass is 458 g/mol. The van der Waals surface area contributed by atoms with Crippen molar-refractivity contribution < 1.29 is 23.7 Å². The molecule has 1 aromatic carbocycles. The van der Waals surface area contributed by atoms with Gasteiger partial charge in [-0.25, -0.2) is 9.97 Å². The fourth-order valence-electron chi connectivity index (χ4n) is 4.37. The van der Waals surface area contributed by atoms with Crippen LogP contribution in [0.25, 0.3) is 11.0 Å². The number of aromatic amines is 1. The van der Waals surface area contributed by atoms with E-state index in [2.05, 4.69) is 15.0 Å². The lowest BCUT2D eigenvalue weighted by molar-refractivity contribution is -0.192. The number of nitrogen functional groups attached to an aromatic ring is 1. The number of ether oxygens (including phenoxy) is 4. The van der Waals surface area contributed by atoms with E-state index < -0.39 is 11.9 Å². The molecule has 4 unspecified atom stereocenters. The van der Waals surface area contributed by atoms with Gasteiger partial charge < -0.3 is 29.7 Å². The Morgan fingerprint density at radius 2 is 2.03 bits per heavy atom. The first-order valence-electron chi connectivity index (χ1n) is 10.3. The van der Waals surface area contributed by atoms with Gasteiger partial charge in [0, 0.05) is 11.2 Å². The van der Waals surface area contributed by atoms with Crippen molar-refractivity contribution in [3.05, 3.63) is 52.9 Å². The molecule has 0 spiro atoms. The van der Waals surface area contributed by atoms with Gasteiger partial charge in [-0.3, -0.25) is 4.79 Å². The number of carbonyl (C=O) groups is 1. The molecule has 2 fully saturated rings. The Morgan fingerprint density at radius 3 is 2.84 bits per heavy atom. The van der Waals surface area contributed by atoms with Gasteiger partial charge in [-0.1, -0.05) is 17.7 Å². The van der Waals surface area contributed by atoms with E-state index in [9.17, 15) is 4.79 Å². The molecule has 0 radical (unpaired) electrons. The van der Waals surface area contributed by atoms with Gasteiger partial charge in [0.2, 0.25) is 0 Å². The van der Waals surface area contributed by atoms with Gasteiger partial charge in [-0.2, -0.15) is 0 Å². The van der Waals surface area contributed by atoms with Crippen LogP contribution in [0, 0.1) is 0 Å². The van der Waals surface area contributed by atoms with Crippen LogP contribution in [-0.2, 0) is 30.2 Å². The van der Waals surface area contributed by atoms with Crippen LogP contribution in [0.4, 0.5) is 5.82 Å². The quantitative estimate of drug-likeness (QED) is 0.534. The molecule has 2 aromatic heterocycles. The van der Waals surface area contributed by atoms with E-state index >= 15 is 0 Å². The number of nitrogens with one attached hydrogen (secondary N) is 1. The molecule has 0 saturated carbocycles. The summed E-state index contributed by atoms with van der Waals surface area (Å²) in [4.78, 5) is 22.6. The molecule has 10 heteroatoms. The normalized spacial score (nSPS) is 27.9. The van der Waals surface area contributed by atoms with Crippen LogP contribution >= 0.6 is 11.6 Å². The molecule has 32 heavy (non-hydrogen) atoms. The molecule has 3 aromatic rings. The van der Waals surface area contributed by atoms with Crippen molar-refractivity contribution in [2.24, 2.45) is 0 Å². The zero-order valence-corrected chi connectivity index (χ0v) is 18.3. The summed E-state index contributed by atoms with van der Waals surface area (Å²) in [5, 5.41) is 1.49. The standard InChI is InChI=1S/C16H17ClO5.C6H6N4/c1-16(2)21-11-7-19-15(14(11)22-16)13-10-4-3-9(17)5-8(10)6-12(18)20-13;7-5-4-1-2-8-6(4)10-3-9-5/h3-5,11,13-15H,6-7H2,1-2H3;1-3H,(H3,7,8,9,10). The molecular formula is C22H23ClN4O5. The Kier molecular flexibility index (Phi) is 5.29. The van der Waals surface area contributed by atoms with Crippen molar-refractivity contribution in [3.8, 4) is 0 Å². The molecule has 0 amide bonds. The summed E-state index contributed by atoms with van der Waals surface area (Å²) in [5.41, 5.74) is 8.14. The number of rotatable bonds is 1. The van der Waals surface area contributed by atoms with Crippen molar-refractivity contribution in [2.45, 2.75) is 50.5 Å². The van der Waals surface area contributed by atoms with Crippen molar-refractivity contribution in [3.63, 3.8) is 0 Å². The molecule has 0 bridgehead atoms. The molecule has 5 heterocycles. The van der Waals surface area contributed by atoms with Gasteiger partial charge in [0.15, 0.2) is 11.9 Å². The van der Waals surface area contributed by atoms with Crippen LogP contribution in [0.3, 0.4) is 0 Å². The van der Waals surface area contributed by atoms with E-state index in [-0.39, 0.29) is 30.7 Å². The average molecular weight is 459 g/mol. The number of hydrogen-bond acceptors (Lipinski definition) is 8. The van der Waals surface area contributed by atoms with E-state index in [0.717, 1.165) is 22.2 Å². The minimum atomic E-state index is -0.640. The van der Waals surface area contributed by atoms with Crippen LogP contribution < -0.4 is 5.73 Å². The second kappa shape index (κ2) is 8.00. The predicted molar refractivity (Wildman–Crippen MR) is 116 cm³/mol. The van der Waals surface area contributed by atoms with Crippen molar-refractivity contribution in [1.82, 2.24) is 15.0 Å². The van der Waals surface area contributed by atoms with Gasteiger partial charge in [0.05, 0.1) is 18.4 Å². The largest absolute Gasteiger partial charge is 0.454 e. The Labute approximate surface area is 189 Å². The number of halogens is 1. The van der Waals surface area contributed by atoms with Gasteiger partial charge in [0.25, 0.3) is 0 Å². The third kappa shape index (κ3) is 3.93. The van der Waals surface area contributed by atoms with Gasteiger partial charge >= 0.3 is 5.97 Å². The summed E-state index contributed by atoms with van der Waals surface area (Å²) in [6, 6.07) is 7.36. The minimum absolute atomic E-state index is 0.128. The number of fused-ring (bicyclic) bond motifs is 3. The molecule has 3 aliphatic rings. The number of esters is 1. The van der Waals surface area contributed by atoms with Gasteiger partial charge in [-0.05, 0) is 43.2 Å². The van der Waals surface area contributed by atoms with Crippen LogP contribution in [0.15, 0.2) is 36.8 Å². The first kappa shape index (κ1) is 21.1. The van der Waals surface area contributed by atoms with Crippen molar-refractivity contribution in [2.75, 3.05) is 12.3 Å². The zero-order chi connectivity index (χ0) is 22.5. The third-order valence-electron chi connectivity index (χ3n) is 5.69. The van der Waals surface area contributed by atoms with Crippen LogP contribution in [0.2, 0.25) is 5.02 Å². The lowest BCUT2D eigenvalue weighted by Gasteiger charge is -2.32. The zero-order valence-electron chi connectivity index (χ0n) is 17.6. The van der Waals surface area contributed by atoms with E-state index in [0.29, 0.717) is 17.4 Å². The lowest BCUT2D eigenvalue weighted by Crippen LogP contribution is -2.38. The highest BCUT2D eigenvalue weighted by Crippen LogP contribution is 2.43. The van der Waals surface area contributed by atoms with E-state index in [1.54, 1.807) is 12.3 Å². The summed E-state index contributed by atoms with van der Waals surface area (Å²) in [5.74, 6) is -0.393. The van der Waals surface area contributed by atoms with Crippen LogP contribution in [0.5, 0.6) is 0 Å². The lowest BCUT2D eigenvalue weighted by atomic mass is 9.92. The average Bonchev–Trinajstić information content (AvgIpc) is 3.42. The Bertz CT molecular complexity index is 1170. The van der Waals surface area contributed by atoms with Crippen LogP contribution in [0.1, 0.15) is 31.1 Å². The highest BCUT2D eigenvalue weighted by molar-refractivity contribution is 6.30. The van der Waals surface area contributed by atoms with E-state index in [4.69, 9.17) is 36.3 Å². The highest BCUT2D eigenvalue weighted by atomic mass is 35.5. The Hall–Kier alpha value is -2.72. The summed E-state index contributed by atoms with van der Waals surface area (Å²) in [6.07, 6.45) is 2.24. The number of anilines is 1. The van der Waals surface area contributed by atoms with Crippen LogP contribution in [-0.4, -0.2) is 51.6 Å². The highest BCUT2D eigenvalue weighted by Gasteiger charge is 2.54. The number of nitrogens with two attached hydrogens (primary N) is 1. The minimum Gasteiger partial charge on any atom is -0.454 e. The number of benzene rings is 1. The predicted octanol–water partition coefficient (Wildman–Crippen LogP) is 2.94. The maximum Gasteiger partial charge on any atom is 0.310 e. The van der Waals surface area contributed by atoms with Gasteiger partial charge in [0.1, 0.15) is 36.1 Å². The Morgan fingerprint density at radius 1 is 1.19 bits per heavy atom. The van der Waals surface area contributed by atoms with Crippen molar-refractivity contribution >= 4 is 34.4 Å². The maximum absolute atomic E-state index is 11.9. The van der Waals surface area contributed by atoms with E-state index in [1.165, 1.54) is 6.33 Å². The SMILES string of the molecule is CC1(C)OC2COC(C3OC(=O)Cc4cc(Cl)ccc43)C2O1.Nc1ncnc2[nH]ccc12. The molecule has 2 saturated heterocycles. The molecule has 3 aliphatic heterocycles. The number of hydrogen-bond donors (Lipinski definition) is 2. The maximum atomic E-state index is 11.9.